The number of nitriles is 1. The number of carbonyl (C=O) groups is 1. The van der Waals surface area contributed by atoms with Crippen molar-refractivity contribution in [3.8, 4) is 6.07 Å². The topological polar surface area (TPSA) is 102 Å². The summed E-state index contributed by atoms with van der Waals surface area (Å²) in [6.45, 7) is 0. The fourth-order valence-electron chi connectivity index (χ4n) is 2.11. The zero-order valence-electron chi connectivity index (χ0n) is 10.8. The zero-order valence-corrected chi connectivity index (χ0v) is 10.8. The van der Waals surface area contributed by atoms with Crippen LogP contribution in [0.15, 0.2) is 47.3 Å². The molecule has 1 aromatic heterocycles. The van der Waals surface area contributed by atoms with Crippen molar-refractivity contribution in [2.45, 2.75) is 0 Å². The van der Waals surface area contributed by atoms with E-state index in [0.29, 0.717) is 27.8 Å². The number of fused-ring (bicyclic) bond motifs is 1. The number of rotatable bonds is 2. The number of carbonyl (C=O) groups excluding carboxylic acids is 1. The molecule has 0 aliphatic heterocycles. The van der Waals surface area contributed by atoms with Gasteiger partial charge in [0.15, 0.2) is 0 Å². The number of hydrogen-bond acceptors (Lipinski definition) is 3. The molecule has 3 aromatic rings. The van der Waals surface area contributed by atoms with Gasteiger partial charge in [-0.15, -0.1) is 0 Å². The molecule has 3 N–H and O–H groups in total. The molecule has 0 fully saturated rings. The number of para-hydroxylation sites is 1. The molecule has 2 aromatic carbocycles. The Kier molecular flexibility index (Phi) is 3.01. The normalized spacial score (nSPS) is 10.2. The molecule has 6 nitrogen and oxygen atoms in total. The van der Waals surface area contributed by atoms with Crippen molar-refractivity contribution in [1.82, 2.24) is 9.97 Å². The number of nitrogens with one attached hydrogen (secondary N) is 3. The standard InChI is InChI=1S/C15H10N4O2/c16-8-9-3-1-4-10(7-9)17-14(20)11-5-2-6-12-13(11)19-15(21)18-12/h1-7H,(H,17,20)(H2,18,19,21). The maximum Gasteiger partial charge on any atom is 0.323 e. The van der Waals surface area contributed by atoms with Gasteiger partial charge in [-0.1, -0.05) is 12.1 Å². The molecule has 0 saturated heterocycles. The summed E-state index contributed by atoms with van der Waals surface area (Å²) in [5, 5.41) is 11.6. The molecule has 102 valence electrons. The van der Waals surface area contributed by atoms with Crippen LogP contribution in [0.5, 0.6) is 0 Å². The van der Waals surface area contributed by atoms with Gasteiger partial charge in [0.1, 0.15) is 0 Å². The van der Waals surface area contributed by atoms with Crippen LogP contribution < -0.4 is 11.0 Å². The molecule has 21 heavy (non-hydrogen) atoms. The van der Waals surface area contributed by atoms with Crippen LogP contribution in [-0.4, -0.2) is 15.9 Å². The SMILES string of the molecule is N#Cc1cccc(NC(=O)c2cccc3[nH]c(=O)[nH]c23)c1. The second-order valence-corrected chi connectivity index (χ2v) is 4.45. The van der Waals surface area contributed by atoms with Crippen LogP contribution in [0.1, 0.15) is 15.9 Å². The van der Waals surface area contributed by atoms with E-state index < -0.39 is 0 Å². The lowest BCUT2D eigenvalue weighted by Gasteiger charge is -2.06. The number of aromatic nitrogens is 2. The maximum atomic E-state index is 12.3. The van der Waals surface area contributed by atoms with Crippen molar-refractivity contribution in [2.24, 2.45) is 0 Å². The minimum atomic E-state index is -0.364. The predicted molar refractivity (Wildman–Crippen MR) is 78.0 cm³/mol. The highest BCUT2D eigenvalue weighted by atomic mass is 16.2. The molecule has 0 saturated carbocycles. The zero-order chi connectivity index (χ0) is 14.8. The van der Waals surface area contributed by atoms with E-state index in [1.807, 2.05) is 6.07 Å². The maximum absolute atomic E-state index is 12.3. The average Bonchev–Trinajstić information content (AvgIpc) is 2.87. The van der Waals surface area contributed by atoms with Gasteiger partial charge in [-0.2, -0.15) is 5.26 Å². The van der Waals surface area contributed by atoms with Gasteiger partial charge < -0.3 is 15.3 Å². The quantitative estimate of drug-likeness (QED) is 0.668. The second kappa shape index (κ2) is 4.98. The highest BCUT2D eigenvalue weighted by Gasteiger charge is 2.12. The predicted octanol–water partition coefficient (Wildman–Crippen LogP) is 1.98. The van der Waals surface area contributed by atoms with Gasteiger partial charge in [-0.25, -0.2) is 4.79 Å². The van der Waals surface area contributed by atoms with Crippen molar-refractivity contribution in [1.29, 1.82) is 5.26 Å². The van der Waals surface area contributed by atoms with E-state index >= 15 is 0 Å². The van der Waals surface area contributed by atoms with Crippen LogP contribution in [-0.2, 0) is 0 Å². The molecule has 0 aliphatic carbocycles. The number of nitrogens with zero attached hydrogens (tertiary/aromatic N) is 1. The van der Waals surface area contributed by atoms with Gasteiger partial charge in [0.25, 0.3) is 5.91 Å². The van der Waals surface area contributed by atoms with Gasteiger partial charge in [-0.3, -0.25) is 4.79 Å². The summed E-state index contributed by atoms with van der Waals surface area (Å²) in [5.74, 6) is -0.356. The fourth-order valence-corrected chi connectivity index (χ4v) is 2.11. The Bertz CT molecular complexity index is 930. The van der Waals surface area contributed by atoms with E-state index in [-0.39, 0.29) is 11.6 Å². The molecular formula is C15H10N4O2. The van der Waals surface area contributed by atoms with Crippen molar-refractivity contribution < 1.29 is 4.79 Å². The molecule has 0 unspecified atom stereocenters. The van der Waals surface area contributed by atoms with Crippen molar-refractivity contribution >= 4 is 22.6 Å². The Morgan fingerprint density at radius 1 is 1.14 bits per heavy atom. The monoisotopic (exact) mass is 278 g/mol. The third-order valence-electron chi connectivity index (χ3n) is 3.05. The van der Waals surface area contributed by atoms with Crippen molar-refractivity contribution in [3.05, 3.63) is 64.1 Å². The largest absolute Gasteiger partial charge is 0.323 e. The minimum Gasteiger partial charge on any atom is -0.322 e. The minimum absolute atomic E-state index is 0.355. The number of H-pyrrole nitrogens is 2. The van der Waals surface area contributed by atoms with Crippen molar-refractivity contribution in [3.63, 3.8) is 0 Å². The molecule has 0 radical (unpaired) electrons. The number of hydrogen-bond donors (Lipinski definition) is 3. The number of amides is 1. The highest BCUT2D eigenvalue weighted by molar-refractivity contribution is 6.11. The summed E-state index contributed by atoms with van der Waals surface area (Å²) in [4.78, 5) is 28.8. The number of anilines is 1. The Labute approximate surface area is 119 Å². The van der Waals surface area contributed by atoms with Gasteiger partial charge in [0.05, 0.1) is 28.2 Å². The average molecular weight is 278 g/mol. The Balaban J connectivity index is 1.97. The lowest BCUT2D eigenvalue weighted by Crippen LogP contribution is -2.12. The van der Waals surface area contributed by atoms with Crippen LogP contribution in [0.25, 0.3) is 11.0 Å². The van der Waals surface area contributed by atoms with E-state index in [0.717, 1.165) is 0 Å². The molecule has 6 heteroatoms. The summed E-state index contributed by atoms with van der Waals surface area (Å²) < 4.78 is 0. The Morgan fingerprint density at radius 2 is 1.95 bits per heavy atom. The van der Waals surface area contributed by atoms with Crippen LogP contribution in [0.3, 0.4) is 0 Å². The fraction of sp³-hybridized carbons (Fsp3) is 0. The number of imidazole rings is 1. The van der Waals surface area contributed by atoms with Gasteiger partial charge in [-0.05, 0) is 30.3 Å². The molecule has 0 spiro atoms. The lowest BCUT2D eigenvalue weighted by atomic mass is 10.1. The first-order valence-electron chi connectivity index (χ1n) is 6.20. The molecule has 1 heterocycles. The molecule has 0 bridgehead atoms. The van der Waals surface area contributed by atoms with Crippen LogP contribution in [0.2, 0.25) is 0 Å². The Hall–Kier alpha value is -3.33. The lowest BCUT2D eigenvalue weighted by molar-refractivity contribution is 0.102. The van der Waals surface area contributed by atoms with Gasteiger partial charge >= 0.3 is 5.69 Å². The van der Waals surface area contributed by atoms with Crippen molar-refractivity contribution in [2.75, 3.05) is 5.32 Å². The molecule has 3 rings (SSSR count). The third-order valence-corrected chi connectivity index (χ3v) is 3.05. The van der Waals surface area contributed by atoms with Crippen LogP contribution >= 0.6 is 0 Å². The van der Waals surface area contributed by atoms with Crippen LogP contribution in [0, 0.1) is 11.3 Å². The molecule has 0 aliphatic rings. The first-order valence-corrected chi connectivity index (χ1v) is 6.20. The second-order valence-electron chi connectivity index (χ2n) is 4.45. The van der Waals surface area contributed by atoms with E-state index in [2.05, 4.69) is 15.3 Å². The number of aromatic amines is 2. The van der Waals surface area contributed by atoms with E-state index in [9.17, 15) is 9.59 Å². The first kappa shape index (κ1) is 12.7. The Morgan fingerprint density at radius 3 is 2.76 bits per heavy atom. The molecular weight excluding hydrogens is 268 g/mol. The summed E-state index contributed by atoms with van der Waals surface area (Å²) in [5.41, 5.74) is 2.00. The summed E-state index contributed by atoms with van der Waals surface area (Å²) in [7, 11) is 0. The third kappa shape index (κ3) is 2.40. The van der Waals surface area contributed by atoms with E-state index in [1.54, 1.807) is 42.5 Å². The molecule has 0 atom stereocenters. The number of benzene rings is 2. The van der Waals surface area contributed by atoms with Gasteiger partial charge in [0.2, 0.25) is 0 Å². The van der Waals surface area contributed by atoms with Crippen LogP contribution in [0.4, 0.5) is 5.69 Å². The smallest absolute Gasteiger partial charge is 0.322 e. The molecule has 1 amide bonds. The summed E-state index contributed by atoms with van der Waals surface area (Å²) in [6.07, 6.45) is 0. The summed E-state index contributed by atoms with van der Waals surface area (Å²) in [6, 6.07) is 13.6. The summed E-state index contributed by atoms with van der Waals surface area (Å²) >= 11 is 0. The first-order chi connectivity index (χ1) is 10.2. The van der Waals surface area contributed by atoms with Gasteiger partial charge in [0, 0.05) is 5.69 Å². The highest BCUT2D eigenvalue weighted by Crippen LogP contribution is 2.16. The van der Waals surface area contributed by atoms with E-state index in [1.165, 1.54) is 0 Å². The van der Waals surface area contributed by atoms with E-state index in [4.69, 9.17) is 5.26 Å².